The summed E-state index contributed by atoms with van der Waals surface area (Å²) in [5.74, 6) is 3.30. The summed E-state index contributed by atoms with van der Waals surface area (Å²) >= 11 is 2.09. The van der Waals surface area contributed by atoms with Gasteiger partial charge in [-0.2, -0.15) is 11.8 Å². The summed E-state index contributed by atoms with van der Waals surface area (Å²) in [6.45, 7) is 2.09. The van der Waals surface area contributed by atoms with E-state index in [-0.39, 0.29) is 5.60 Å². The van der Waals surface area contributed by atoms with Crippen molar-refractivity contribution < 1.29 is 4.74 Å². The van der Waals surface area contributed by atoms with Crippen molar-refractivity contribution in [2.24, 2.45) is 0 Å². The van der Waals surface area contributed by atoms with Gasteiger partial charge in [0, 0.05) is 25.1 Å². The second-order valence-corrected chi connectivity index (χ2v) is 8.07. The van der Waals surface area contributed by atoms with Crippen molar-refractivity contribution in [2.75, 3.05) is 24.7 Å². The number of fused-ring (bicyclic) bond motifs is 1. The van der Waals surface area contributed by atoms with Crippen LogP contribution in [0, 0.1) is 0 Å². The van der Waals surface area contributed by atoms with Crippen LogP contribution >= 0.6 is 11.8 Å². The zero-order valence-electron chi connectivity index (χ0n) is 12.6. The number of hydrogen-bond acceptors (Lipinski definition) is 3. The molecule has 2 fully saturated rings. The Hall–Kier alpha value is -0.510. The van der Waals surface area contributed by atoms with Crippen LogP contribution < -0.4 is 5.32 Å². The molecule has 1 N–H and O–H groups in total. The first-order valence-corrected chi connectivity index (χ1v) is 9.53. The quantitative estimate of drug-likeness (QED) is 0.925. The van der Waals surface area contributed by atoms with E-state index in [9.17, 15) is 0 Å². The zero-order valence-corrected chi connectivity index (χ0v) is 13.5. The second kappa shape index (κ2) is 5.94. The summed E-state index contributed by atoms with van der Waals surface area (Å²) in [5.41, 5.74) is 3.33. The van der Waals surface area contributed by atoms with Crippen molar-refractivity contribution in [3.8, 4) is 0 Å². The van der Waals surface area contributed by atoms with E-state index in [1.807, 2.05) is 0 Å². The Morgan fingerprint density at radius 2 is 2.10 bits per heavy atom. The molecule has 0 amide bonds. The molecule has 1 aromatic carbocycles. The van der Waals surface area contributed by atoms with E-state index in [1.165, 1.54) is 43.6 Å². The normalized spacial score (nSPS) is 30.7. The van der Waals surface area contributed by atoms with Gasteiger partial charge in [-0.15, -0.1) is 0 Å². The van der Waals surface area contributed by atoms with Crippen LogP contribution in [0.15, 0.2) is 24.3 Å². The highest BCUT2D eigenvalue weighted by Crippen LogP contribution is 2.38. The van der Waals surface area contributed by atoms with Crippen LogP contribution in [0.2, 0.25) is 0 Å². The fourth-order valence-corrected chi connectivity index (χ4v) is 5.38. The average Bonchev–Trinajstić information content (AvgIpc) is 2.49. The van der Waals surface area contributed by atoms with Gasteiger partial charge in [0.05, 0.1) is 5.60 Å². The first kappa shape index (κ1) is 14.1. The van der Waals surface area contributed by atoms with Gasteiger partial charge >= 0.3 is 0 Å². The van der Waals surface area contributed by atoms with Crippen molar-refractivity contribution in [1.82, 2.24) is 5.32 Å². The molecule has 2 aliphatic heterocycles. The molecule has 2 nitrogen and oxygen atoms in total. The van der Waals surface area contributed by atoms with Crippen LogP contribution in [0.25, 0.3) is 0 Å². The predicted octanol–water partition coefficient (Wildman–Crippen LogP) is 3.36. The molecular formula is C18H25NOS. The Morgan fingerprint density at radius 1 is 1.24 bits per heavy atom. The average molecular weight is 303 g/mol. The first-order chi connectivity index (χ1) is 10.3. The largest absolute Gasteiger partial charge is 0.375 e. The molecular weight excluding hydrogens is 278 g/mol. The number of thioether (sulfide) groups is 1. The number of hydrogen-bond donors (Lipinski definition) is 1. The van der Waals surface area contributed by atoms with E-state index < -0.39 is 0 Å². The van der Waals surface area contributed by atoms with Crippen molar-refractivity contribution in [1.29, 1.82) is 0 Å². The number of ether oxygens (including phenoxy) is 1. The smallest absolute Gasteiger partial charge is 0.0713 e. The summed E-state index contributed by atoms with van der Waals surface area (Å²) in [4.78, 5) is 0. The third kappa shape index (κ3) is 2.88. The first-order valence-electron chi connectivity index (χ1n) is 8.38. The second-order valence-electron chi connectivity index (χ2n) is 6.84. The highest BCUT2D eigenvalue weighted by Gasteiger charge is 2.39. The maximum absolute atomic E-state index is 6.19. The van der Waals surface area contributed by atoms with E-state index in [0.717, 1.165) is 19.1 Å². The molecule has 2 atom stereocenters. The molecule has 21 heavy (non-hydrogen) atoms. The Labute approximate surface area is 132 Å². The van der Waals surface area contributed by atoms with Crippen molar-refractivity contribution >= 4 is 11.8 Å². The molecule has 2 heterocycles. The highest BCUT2D eigenvalue weighted by atomic mass is 32.2. The summed E-state index contributed by atoms with van der Waals surface area (Å²) in [6.07, 6.45) is 6.17. The predicted molar refractivity (Wildman–Crippen MR) is 89.2 cm³/mol. The molecule has 114 valence electrons. The van der Waals surface area contributed by atoms with Gasteiger partial charge in [-0.05, 0) is 54.7 Å². The Kier molecular flexibility index (Phi) is 3.99. The molecule has 0 radical (unpaired) electrons. The minimum absolute atomic E-state index is 0.207. The maximum Gasteiger partial charge on any atom is 0.0713 e. The molecule has 0 bridgehead atoms. The lowest BCUT2D eigenvalue weighted by molar-refractivity contribution is -0.0932. The number of benzene rings is 1. The van der Waals surface area contributed by atoms with Crippen LogP contribution in [0.1, 0.15) is 42.7 Å². The highest BCUT2D eigenvalue weighted by molar-refractivity contribution is 7.99. The van der Waals surface area contributed by atoms with Crippen LogP contribution in [-0.4, -0.2) is 36.3 Å². The number of nitrogens with one attached hydrogen (secondary N) is 1. The van der Waals surface area contributed by atoms with Crippen LogP contribution in [-0.2, 0) is 11.2 Å². The monoisotopic (exact) mass is 303 g/mol. The van der Waals surface area contributed by atoms with Gasteiger partial charge in [0.25, 0.3) is 0 Å². The molecule has 1 spiro atoms. The summed E-state index contributed by atoms with van der Waals surface area (Å²) in [7, 11) is 0. The molecule has 1 aromatic rings. The van der Waals surface area contributed by atoms with E-state index in [0.29, 0.717) is 6.04 Å². The molecule has 3 aliphatic rings. The fraction of sp³-hybridized carbons (Fsp3) is 0.667. The minimum atomic E-state index is 0.207. The molecule has 4 rings (SSSR count). The third-order valence-electron chi connectivity index (χ3n) is 5.51. The Balaban J connectivity index is 1.31. The van der Waals surface area contributed by atoms with Gasteiger partial charge in [-0.25, -0.2) is 0 Å². The van der Waals surface area contributed by atoms with Gasteiger partial charge in [-0.1, -0.05) is 24.3 Å². The van der Waals surface area contributed by atoms with Gasteiger partial charge in [0.2, 0.25) is 0 Å². The molecule has 2 unspecified atom stereocenters. The lowest BCUT2D eigenvalue weighted by Crippen LogP contribution is -2.49. The molecule has 1 aliphatic carbocycles. The topological polar surface area (TPSA) is 21.3 Å². The van der Waals surface area contributed by atoms with Gasteiger partial charge in [-0.3, -0.25) is 0 Å². The van der Waals surface area contributed by atoms with Crippen molar-refractivity contribution in [3.05, 3.63) is 35.4 Å². The van der Waals surface area contributed by atoms with Crippen molar-refractivity contribution in [2.45, 2.75) is 49.7 Å². The SMILES string of the molecule is c1ccc2c(c1)CC2CNC1CCOC2(CCSCC2)C1. The lowest BCUT2D eigenvalue weighted by Gasteiger charge is -2.44. The fourth-order valence-electron chi connectivity index (χ4n) is 4.15. The van der Waals surface area contributed by atoms with Crippen molar-refractivity contribution in [3.63, 3.8) is 0 Å². The van der Waals surface area contributed by atoms with Gasteiger partial charge < -0.3 is 10.1 Å². The minimum Gasteiger partial charge on any atom is -0.375 e. The molecule has 2 saturated heterocycles. The van der Waals surface area contributed by atoms with Gasteiger partial charge in [0.1, 0.15) is 0 Å². The van der Waals surface area contributed by atoms with E-state index in [2.05, 4.69) is 41.3 Å². The number of rotatable bonds is 3. The Morgan fingerprint density at radius 3 is 2.95 bits per heavy atom. The lowest BCUT2D eigenvalue weighted by atomic mass is 9.77. The van der Waals surface area contributed by atoms with Crippen LogP contribution in [0.5, 0.6) is 0 Å². The van der Waals surface area contributed by atoms with E-state index >= 15 is 0 Å². The third-order valence-corrected chi connectivity index (χ3v) is 6.50. The summed E-state index contributed by atoms with van der Waals surface area (Å²) in [5, 5.41) is 3.85. The van der Waals surface area contributed by atoms with Crippen LogP contribution in [0.4, 0.5) is 0 Å². The molecule has 0 saturated carbocycles. The Bertz CT molecular complexity index is 492. The summed E-state index contributed by atoms with van der Waals surface area (Å²) in [6, 6.07) is 9.57. The molecule has 3 heteroatoms. The van der Waals surface area contributed by atoms with Crippen LogP contribution in [0.3, 0.4) is 0 Å². The van der Waals surface area contributed by atoms with E-state index in [4.69, 9.17) is 4.74 Å². The standard InChI is InChI=1S/C18H25NOS/c1-2-4-17-14(3-1)11-15(17)13-19-16-5-8-20-18(12-16)6-9-21-10-7-18/h1-4,15-16,19H,5-13H2. The van der Waals surface area contributed by atoms with E-state index in [1.54, 1.807) is 11.1 Å². The molecule has 0 aromatic heterocycles. The summed E-state index contributed by atoms with van der Waals surface area (Å²) < 4.78 is 6.19. The zero-order chi connectivity index (χ0) is 14.1. The maximum atomic E-state index is 6.19. The van der Waals surface area contributed by atoms with Gasteiger partial charge in [0.15, 0.2) is 0 Å².